The van der Waals surface area contributed by atoms with E-state index in [0.717, 1.165) is 36.8 Å². The van der Waals surface area contributed by atoms with Crippen molar-refractivity contribution in [3.8, 4) is 12.3 Å². The molecule has 76 valence electrons. The predicted molar refractivity (Wildman–Crippen MR) is 59.7 cm³/mol. The Morgan fingerprint density at radius 3 is 3.20 bits per heavy atom. The van der Waals surface area contributed by atoms with Crippen LogP contribution < -0.4 is 10.2 Å². The highest BCUT2D eigenvalue weighted by Crippen LogP contribution is 2.32. The Labute approximate surface area is 89.5 Å². The lowest BCUT2D eigenvalue weighted by molar-refractivity contribution is 0.365. The van der Waals surface area contributed by atoms with E-state index >= 15 is 0 Å². The molecule has 2 aliphatic heterocycles. The Balaban J connectivity index is 1.85. The van der Waals surface area contributed by atoms with Crippen molar-refractivity contribution < 1.29 is 0 Å². The molecule has 3 heterocycles. The number of anilines is 1. The lowest BCUT2D eigenvalue weighted by atomic mass is 9.91. The fraction of sp³-hybridized carbons (Fsp3) is 0.417. The van der Waals surface area contributed by atoms with Crippen LogP contribution in [0.5, 0.6) is 0 Å². The first-order valence-corrected chi connectivity index (χ1v) is 5.27. The number of hydrogen-bond donors (Lipinski definition) is 1. The van der Waals surface area contributed by atoms with Crippen molar-refractivity contribution in [1.82, 2.24) is 10.3 Å². The van der Waals surface area contributed by atoms with Gasteiger partial charge in [-0.2, -0.15) is 0 Å². The fourth-order valence-electron chi connectivity index (χ4n) is 2.48. The molecule has 2 aliphatic rings. The number of rotatable bonds is 1. The summed E-state index contributed by atoms with van der Waals surface area (Å²) in [5.74, 6) is 3.44. The van der Waals surface area contributed by atoms with Gasteiger partial charge in [-0.05, 0) is 6.07 Å². The van der Waals surface area contributed by atoms with Gasteiger partial charge in [0.05, 0.1) is 11.9 Å². The molecule has 2 saturated heterocycles. The number of terminal acetylenes is 1. The molecule has 3 nitrogen and oxygen atoms in total. The summed E-state index contributed by atoms with van der Waals surface area (Å²) in [7, 11) is 0. The monoisotopic (exact) mass is 199 g/mol. The lowest BCUT2D eigenvalue weighted by Gasteiger charge is -2.45. The molecule has 1 aromatic heterocycles. The molecular formula is C12H13N3. The van der Waals surface area contributed by atoms with Crippen molar-refractivity contribution >= 4 is 5.69 Å². The zero-order valence-corrected chi connectivity index (χ0v) is 8.48. The van der Waals surface area contributed by atoms with E-state index in [1.165, 1.54) is 0 Å². The Bertz CT molecular complexity index is 421. The molecule has 3 heteroatoms. The van der Waals surface area contributed by atoms with Gasteiger partial charge in [0.25, 0.3) is 0 Å². The third kappa shape index (κ3) is 1.30. The maximum Gasteiger partial charge on any atom is 0.0568 e. The average Bonchev–Trinajstić information content (AvgIpc) is 2.61. The van der Waals surface area contributed by atoms with E-state index < -0.39 is 0 Å². The van der Waals surface area contributed by atoms with Gasteiger partial charge in [-0.1, -0.05) is 5.92 Å². The first-order chi connectivity index (χ1) is 7.38. The molecule has 3 rings (SSSR count). The zero-order chi connectivity index (χ0) is 10.3. The van der Waals surface area contributed by atoms with E-state index in [4.69, 9.17) is 6.42 Å². The first kappa shape index (κ1) is 8.75. The second kappa shape index (κ2) is 3.25. The topological polar surface area (TPSA) is 28.2 Å². The summed E-state index contributed by atoms with van der Waals surface area (Å²) in [4.78, 5) is 6.56. The molecule has 0 bridgehead atoms. The largest absolute Gasteiger partial charge is 0.365 e. The Kier molecular flexibility index (Phi) is 1.90. The summed E-state index contributed by atoms with van der Waals surface area (Å²) < 4.78 is 0. The summed E-state index contributed by atoms with van der Waals surface area (Å²) in [5.41, 5.74) is 2.03. The molecule has 1 aromatic rings. The zero-order valence-electron chi connectivity index (χ0n) is 8.48. The van der Waals surface area contributed by atoms with Crippen LogP contribution >= 0.6 is 0 Å². The van der Waals surface area contributed by atoms with E-state index in [1.807, 2.05) is 12.3 Å². The van der Waals surface area contributed by atoms with Gasteiger partial charge in [0.15, 0.2) is 0 Å². The van der Waals surface area contributed by atoms with Crippen molar-refractivity contribution in [3.63, 3.8) is 0 Å². The van der Waals surface area contributed by atoms with Gasteiger partial charge >= 0.3 is 0 Å². The molecular weight excluding hydrogens is 186 g/mol. The van der Waals surface area contributed by atoms with Crippen molar-refractivity contribution in [2.24, 2.45) is 5.92 Å². The fourth-order valence-corrected chi connectivity index (χ4v) is 2.48. The van der Waals surface area contributed by atoms with Crippen LogP contribution in [0, 0.1) is 18.3 Å². The predicted octanol–water partition coefficient (Wildman–Crippen LogP) is 0.471. The minimum atomic E-state index is 0.653. The van der Waals surface area contributed by atoms with Crippen LogP contribution in [0.2, 0.25) is 0 Å². The number of hydrogen-bond acceptors (Lipinski definition) is 3. The second-order valence-corrected chi connectivity index (χ2v) is 4.21. The minimum absolute atomic E-state index is 0.653. The normalized spacial score (nSPS) is 28.1. The Morgan fingerprint density at radius 2 is 2.40 bits per heavy atom. The maximum atomic E-state index is 5.36. The Morgan fingerprint density at radius 1 is 1.47 bits per heavy atom. The molecule has 1 N–H and O–H groups in total. The molecule has 0 saturated carbocycles. The standard InChI is InChI=1S/C12H13N3/c1-2-9-3-11(6-13-4-9)15-8-10-5-14-7-12(10)15/h1,3-4,6,10,12,14H,5,7-8H2/t10-,12-/m1/s1. The molecule has 0 spiro atoms. The van der Waals surface area contributed by atoms with Crippen LogP contribution in [0.1, 0.15) is 5.56 Å². The van der Waals surface area contributed by atoms with Crippen LogP contribution in [-0.4, -0.2) is 30.7 Å². The second-order valence-electron chi connectivity index (χ2n) is 4.21. The van der Waals surface area contributed by atoms with Crippen LogP contribution in [0.4, 0.5) is 5.69 Å². The van der Waals surface area contributed by atoms with E-state index in [1.54, 1.807) is 6.20 Å². The van der Waals surface area contributed by atoms with Crippen LogP contribution in [0.15, 0.2) is 18.5 Å². The van der Waals surface area contributed by atoms with Crippen molar-refractivity contribution in [2.45, 2.75) is 6.04 Å². The van der Waals surface area contributed by atoms with E-state index in [9.17, 15) is 0 Å². The van der Waals surface area contributed by atoms with E-state index in [-0.39, 0.29) is 0 Å². The molecule has 2 atom stereocenters. The molecule has 0 amide bonds. The smallest absolute Gasteiger partial charge is 0.0568 e. The summed E-state index contributed by atoms with van der Waals surface area (Å²) >= 11 is 0. The summed E-state index contributed by atoms with van der Waals surface area (Å²) in [6.07, 6.45) is 8.99. The van der Waals surface area contributed by atoms with Crippen LogP contribution in [0.3, 0.4) is 0 Å². The SMILES string of the molecule is C#Cc1cncc(N2C[C@H]3CNC[C@H]32)c1. The minimum Gasteiger partial charge on any atom is -0.365 e. The highest BCUT2D eigenvalue weighted by molar-refractivity contribution is 5.53. The quantitative estimate of drug-likeness (QED) is 0.666. The Hall–Kier alpha value is -1.53. The molecule has 2 fully saturated rings. The van der Waals surface area contributed by atoms with Gasteiger partial charge in [-0.25, -0.2) is 0 Å². The van der Waals surface area contributed by atoms with Crippen molar-refractivity contribution in [1.29, 1.82) is 0 Å². The van der Waals surface area contributed by atoms with Gasteiger partial charge in [-0.3, -0.25) is 4.98 Å². The lowest BCUT2D eigenvalue weighted by Crippen LogP contribution is -2.55. The van der Waals surface area contributed by atoms with Crippen LogP contribution in [-0.2, 0) is 0 Å². The number of pyridine rings is 1. The molecule has 0 aromatic carbocycles. The summed E-state index contributed by atoms with van der Waals surface area (Å²) in [5, 5.41) is 3.41. The van der Waals surface area contributed by atoms with Gasteiger partial charge in [-0.15, -0.1) is 6.42 Å². The number of aromatic nitrogens is 1. The van der Waals surface area contributed by atoms with Crippen LogP contribution in [0.25, 0.3) is 0 Å². The third-order valence-electron chi connectivity index (χ3n) is 3.36. The van der Waals surface area contributed by atoms with Crippen molar-refractivity contribution in [2.75, 3.05) is 24.5 Å². The molecule has 15 heavy (non-hydrogen) atoms. The average molecular weight is 199 g/mol. The summed E-state index contributed by atoms with van der Waals surface area (Å²) in [6.45, 7) is 3.38. The highest BCUT2D eigenvalue weighted by atomic mass is 15.3. The number of nitrogens with one attached hydrogen (secondary N) is 1. The number of nitrogens with zero attached hydrogens (tertiary/aromatic N) is 2. The van der Waals surface area contributed by atoms with E-state index in [0.29, 0.717) is 6.04 Å². The molecule has 0 radical (unpaired) electrons. The summed E-state index contributed by atoms with van der Waals surface area (Å²) in [6, 6.07) is 2.70. The molecule has 0 aliphatic carbocycles. The first-order valence-electron chi connectivity index (χ1n) is 5.27. The van der Waals surface area contributed by atoms with Gasteiger partial charge < -0.3 is 10.2 Å². The van der Waals surface area contributed by atoms with Gasteiger partial charge in [0, 0.05) is 43.4 Å². The molecule has 0 unspecified atom stereocenters. The van der Waals surface area contributed by atoms with E-state index in [2.05, 4.69) is 21.1 Å². The van der Waals surface area contributed by atoms with Gasteiger partial charge in [0.2, 0.25) is 0 Å². The van der Waals surface area contributed by atoms with Gasteiger partial charge in [0.1, 0.15) is 0 Å². The third-order valence-corrected chi connectivity index (χ3v) is 3.36. The highest BCUT2D eigenvalue weighted by Gasteiger charge is 2.42. The van der Waals surface area contributed by atoms with Crippen molar-refractivity contribution in [3.05, 3.63) is 24.0 Å². The maximum absolute atomic E-state index is 5.36. The number of fused-ring (bicyclic) bond motifs is 1.